The molecule has 1 amide bonds. The highest BCUT2D eigenvalue weighted by molar-refractivity contribution is 5.97. The van der Waals surface area contributed by atoms with Gasteiger partial charge in [0.2, 0.25) is 5.91 Å². The van der Waals surface area contributed by atoms with Crippen LogP contribution in [0.1, 0.15) is 29.6 Å². The van der Waals surface area contributed by atoms with Gasteiger partial charge in [-0.25, -0.2) is 4.79 Å². The number of anilines is 1. The smallest absolute Gasteiger partial charge is 0.335 e. The van der Waals surface area contributed by atoms with Crippen LogP contribution in [-0.2, 0) is 9.59 Å². The van der Waals surface area contributed by atoms with Gasteiger partial charge in [0.05, 0.1) is 12.0 Å². The molecular weight excluding hydrogens is 262 g/mol. The van der Waals surface area contributed by atoms with E-state index in [9.17, 15) is 14.4 Å². The third-order valence-corrected chi connectivity index (χ3v) is 3.17. The lowest BCUT2D eigenvalue weighted by Crippen LogP contribution is -2.34. The zero-order chi connectivity index (χ0) is 14.7. The van der Waals surface area contributed by atoms with E-state index in [2.05, 4.69) is 0 Å². The van der Waals surface area contributed by atoms with Gasteiger partial charge in [0.1, 0.15) is 0 Å². The van der Waals surface area contributed by atoms with Crippen molar-refractivity contribution in [3.8, 4) is 0 Å². The molecule has 6 nitrogen and oxygen atoms in total. The first-order chi connectivity index (χ1) is 9.49. The van der Waals surface area contributed by atoms with Crippen LogP contribution < -0.4 is 4.90 Å². The molecule has 0 saturated heterocycles. The van der Waals surface area contributed by atoms with Crippen LogP contribution >= 0.6 is 0 Å². The molecule has 1 saturated carbocycles. The molecule has 6 heteroatoms. The minimum atomic E-state index is -1.04. The van der Waals surface area contributed by atoms with Crippen LogP contribution in [0, 0.1) is 5.92 Å². The second-order valence-corrected chi connectivity index (χ2v) is 4.76. The zero-order valence-electron chi connectivity index (χ0n) is 10.8. The third kappa shape index (κ3) is 3.34. The van der Waals surface area contributed by atoms with Crippen molar-refractivity contribution in [1.29, 1.82) is 0 Å². The van der Waals surface area contributed by atoms with Crippen molar-refractivity contribution in [3.63, 3.8) is 0 Å². The van der Waals surface area contributed by atoms with Crippen LogP contribution in [0.25, 0.3) is 0 Å². The van der Waals surface area contributed by atoms with Crippen molar-refractivity contribution >= 4 is 23.5 Å². The molecule has 0 aliphatic heterocycles. The lowest BCUT2D eigenvalue weighted by Gasteiger charge is -2.22. The average Bonchev–Trinajstić information content (AvgIpc) is 3.23. The van der Waals surface area contributed by atoms with E-state index in [4.69, 9.17) is 10.2 Å². The topological polar surface area (TPSA) is 94.9 Å². The van der Waals surface area contributed by atoms with Crippen molar-refractivity contribution in [2.75, 3.05) is 11.4 Å². The molecule has 20 heavy (non-hydrogen) atoms. The number of nitrogens with zero attached hydrogens (tertiary/aromatic N) is 1. The van der Waals surface area contributed by atoms with Gasteiger partial charge in [-0.1, -0.05) is 0 Å². The maximum absolute atomic E-state index is 12.2. The first kappa shape index (κ1) is 14.0. The molecular formula is C14H15NO5. The van der Waals surface area contributed by atoms with E-state index < -0.39 is 11.9 Å². The van der Waals surface area contributed by atoms with Gasteiger partial charge in [0, 0.05) is 18.2 Å². The Morgan fingerprint density at radius 1 is 1.10 bits per heavy atom. The number of carbonyl (C=O) groups is 3. The SMILES string of the molecule is O=C(O)CCN(C(=O)C1CC1)c1ccc(C(=O)O)cc1. The molecule has 106 valence electrons. The van der Waals surface area contributed by atoms with Crippen molar-refractivity contribution < 1.29 is 24.6 Å². The lowest BCUT2D eigenvalue weighted by molar-refractivity contribution is -0.136. The Labute approximate surface area is 115 Å². The molecule has 0 heterocycles. The third-order valence-electron chi connectivity index (χ3n) is 3.17. The van der Waals surface area contributed by atoms with Crippen LogP contribution in [0.4, 0.5) is 5.69 Å². The Kier molecular flexibility index (Phi) is 4.02. The zero-order valence-corrected chi connectivity index (χ0v) is 10.8. The summed E-state index contributed by atoms with van der Waals surface area (Å²) in [5.74, 6) is -2.12. The summed E-state index contributed by atoms with van der Waals surface area (Å²) in [7, 11) is 0. The summed E-state index contributed by atoms with van der Waals surface area (Å²) < 4.78 is 0. The molecule has 1 aromatic rings. The van der Waals surface area contributed by atoms with Crippen LogP contribution in [0.5, 0.6) is 0 Å². The molecule has 0 unspecified atom stereocenters. The van der Waals surface area contributed by atoms with E-state index >= 15 is 0 Å². The summed E-state index contributed by atoms with van der Waals surface area (Å²) in [5, 5.41) is 17.6. The highest BCUT2D eigenvalue weighted by Gasteiger charge is 2.34. The number of aromatic carboxylic acids is 1. The van der Waals surface area contributed by atoms with Crippen molar-refractivity contribution in [2.24, 2.45) is 5.92 Å². The monoisotopic (exact) mass is 277 g/mol. The van der Waals surface area contributed by atoms with E-state index in [1.807, 2.05) is 0 Å². The number of aliphatic carboxylic acids is 1. The molecule has 2 rings (SSSR count). The summed E-state index contributed by atoms with van der Waals surface area (Å²) in [6.45, 7) is 0.0943. The fraction of sp³-hybridized carbons (Fsp3) is 0.357. The first-order valence-electron chi connectivity index (χ1n) is 6.35. The van der Waals surface area contributed by atoms with Crippen molar-refractivity contribution in [3.05, 3.63) is 29.8 Å². The van der Waals surface area contributed by atoms with Gasteiger partial charge in [-0.2, -0.15) is 0 Å². The van der Waals surface area contributed by atoms with Gasteiger partial charge < -0.3 is 15.1 Å². The first-order valence-corrected chi connectivity index (χ1v) is 6.35. The maximum atomic E-state index is 12.2. The van der Waals surface area contributed by atoms with Crippen molar-refractivity contribution in [1.82, 2.24) is 0 Å². The van der Waals surface area contributed by atoms with Crippen molar-refractivity contribution in [2.45, 2.75) is 19.3 Å². The number of hydrogen-bond donors (Lipinski definition) is 2. The maximum Gasteiger partial charge on any atom is 0.335 e. The largest absolute Gasteiger partial charge is 0.481 e. The number of amides is 1. The van der Waals surface area contributed by atoms with E-state index in [1.54, 1.807) is 0 Å². The van der Waals surface area contributed by atoms with Crippen LogP contribution in [0.15, 0.2) is 24.3 Å². The summed E-state index contributed by atoms with van der Waals surface area (Å²) in [4.78, 5) is 35.0. The molecule has 1 aromatic carbocycles. The van der Waals surface area contributed by atoms with Gasteiger partial charge in [-0.15, -0.1) is 0 Å². The fourth-order valence-electron chi connectivity index (χ4n) is 1.91. The molecule has 0 bridgehead atoms. The quantitative estimate of drug-likeness (QED) is 0.823. The van der Waals surface area contributed by atoms with Crippen LogP contribution in [0.3, 0.4) is 0 Å². The Hall–Kier alpha value is -2.37. The number of benzene rings is 1. The highest BCUT2D eigenvalue weighted by atomic mass is 16.4. The molecule has 1 aliphatic rings. The molecule has 0 radical (unpaired) electrons. The lowest BCUT2D eigenvalue weighted by atomic mass is 10.1. The van der Waals surface area contributed by atoms with Gasteiger partial charge in [-0.05, 0) is 37.1 Å². The molecule has 2 N–H and O–H groups in total. The van der Waals surface area contributed by atoms with E-state index in [1.165, 1.54) is 29.2 Å². The van der Waals surface area contributed by atoms with E-state index in [-0.39, 0.29) is 30.4 Å². The fourth-order valence-corrected chi connectivity index (χ4v) is 1.91. The van der Waals surface area contributed by atoms with E-state index in [0.29, 0.717) is 5.69 Å². The molecule has 0 aromatic heterocycles. The summed E-state index contributed by atoms with van der Waals surface area (Å²) in [6, 6.07) is 5.88. The number of hydrogen-bond acceptors (Lipinski definition) is 3. The summed E-state index contributed by atoms with van der Waals surface area (Å²) >= 11 is 0. The Morgan fingerprint density at radius 2 is 1.70 bits per heavy atom. The van der Waals surface area contributed by atoms with Crippen LogP contribution in [0.2, 0.25) is 0 Å². The summed E-state index contributed by atoms with van der Waals surface area (Å²) in [5.41, 5.74) is 0.666. The molecule has 0 spiro atoms. The number of carboxylic acids is 2. The van der Waals surface area contributed by atoms with E-state index in [0.717, 1.165) is 12.8 Å². The molecule has 1 fully saturated rings. The van der Waals surface area contributed by atoms with Gasteiger partial charge in [0.25, 0.3) is 0 Å². The predicted molar refractivity (Wildman–Crippen MR) is 70.7 cm³/mol. The predicted octanol–water partition coefficient (Wildman–Crippen LogP) is 1.60. The molecule has 0 atom stereocenters. The second-order valence-electron chi connectivity index (χ2n) is 4.76. The minimum absolute atomic E-state index is 0.0251. The Bertz CT molecular complexity index is 533. The average molecular weight is 277 g/mol. The highest BCUT2D eigenvalue weighted by Crippen LogP contribution is 2.33. The van der Waals surface area contributed by atoms with Gasteiger partial charge in [0.15, 0.2) is 0 Å². The Balaban J connectivity index is 2.17. The van der Waals surface area contributed by atoms with Crippen LogP contribution in [-0.4, -0.2) is 34.6 Å². The minimum Gasteiger partial charge on any atom is -0.481 e. The molecule has 1 aliphatic carbocycles. The number of carbonyl (C=O) groups excluding carboxylic acids is 1. The standard InChI is InChI=1S/C14H15NO5/c16-12(17)7-8-15(13(18)9-1-2-9)11-5-3-10(4-6-11)14(19)20/h3-6,9H,1-2,7-8H2,(H,16,17)(H,19,20). The number of rotatable bonds is 6. The number of carboxylic acid groups (broad SMARTS) is 2. The second kappa shape index (κ2) is 5.73. The normalized spacial score (nSPS) is 13.8. The van der Waals surface area contributed by atoms with Gasteiger partial charge >= 0.3 is 11.9 Å². The van der Waals surface area contributed by atoms with Gasteiger partial charge in [-0.3, -0.25) is 9.59 Å². The Morgan fingerprint density at radius 3 is 2.15 bits per heavy atom. The summed E-state index contributed by atoms with van der Waals surface area (Å²) in [6.07, 6.45) is 1.52.